The van der Waals surface area contributed by atoms with Gasteiger partial charge in [0.15, 0.2) is 0 Å². The molecule has 0 fully saturated rings. The Morgan fingerprint density at radius 1 is 1.15 bits per heavy atom. The first-order chi connectivity index (χ1) is 6.28. The lowest BCUT2D eigenvalue weighted by Gasteiger charge is -1.97. The molecular formula is C11H19NO. The maximum atomic E-state index is 8.70. The summed E-state index contributed by atoms with van der Waals surface area (Å²) in [6.07, 6.45) is 2.17. The summed E-state index contributed by atoms with van der Waals surface area (Å²) in [5, 5.41) is 8.70. The van der Waals surface area contributed by atoms with E-state index in [2.05, 4.69) is 18.8 Å². The zero-order valence-electron chi connectivity index (χ0n) is 8.75. The van der Waals surface area contributed by atoms with Crippen LogP contribution in [-0.4, -0.2) is 10.1 Å². The van der Waals surface area contributed by atoms with E-state index in [0.29, 0.717) is 0 Å². The lowest BCUT2D eigenvalue weighted by molar-refractivity contribution is 0.276. The van der Waals surface area contributed by atoms with Crippen LogP contribution in [0.2, 0.25) is 0 Å². The van der Waals surface area contributed by atoms with Gasteiger partial charge >= 0.3 is 0 Å². The molecule has 1 aromatic heterocycles. The summed E-state index contributed by atoms with van der Waals surface area (Å²) in [5.74, 6) is 0. The number of pyridine rings is 1. The number of aromatic nitrogens is 1. The Bertz CT molecular complexity index is 204. The molecule has 13 heavy (non-hydrogen) atoms. The highest BCUT2D eigenvalue weighted by molar-refractivity contribution is 5.10. The highest BCUT2D eigenvalue weighted by Gasteiger charge is 1.91. The van der Waals surface area contributed by atoms with Crippen molar-refractivity contribution >= 4 is 0 Å². The predicted molar refractivity (Wildman–Crippen MR) is 55.5 cm³/mol. The van der Waals surface area contributed by atoms with E-state index < -0.39 is 0 Å². The van der Waals surface area contributed by atoms with Crippen molar-refractivity contribution < 1.29 is 5.11 Å². The number of rotatable bonds is 2. The number of hydrogen-bond donors (Lipinski definition) is 1. The molecule has 0 saturated heterocycles. The summed E-state index contributed by atoms with van der Waals surface area (Å²) in [6, 6.07) is 5.69. The molecule has 0 saturated carbocycles. The molecule has 0 aliphatic heterocycles. The molecule has 0 unspecified atom stereocenters. The average Bonchev–Trinajstić information content (AvgIpc) is 2.19. The Labute approximate surface area is 80.6 Å². The lowest BCUT2D eigenvalue weighted by Crippen LogP contribution is -1.92. The molecule has 1 aromatic rings. The summed E-state index contributed by atoms with van der Waals surface area (Å²) in [4.78, 5) is 4.16. The van der Waals surface area contributed by atoms with Gasteiger partial charge in [-0.25, -0.2) is 0 Å². The maximum Gasteiger partial charge on any atom is 0.0853 e. The van der Waals surface area contributed by atoms with Crippen LogP contribution in [-0.2, 0) is 13.0 Å². The van der Waals surface area contributed by atoms with Crippen molar-refractivity contribution in [2.75, 3.05) is 0 Å². The summed E-state index contributed by atoms with van der Waals surface area (Å²) >= 11 is 0. The zero-order valence-corrected chi connectivity index (χ0v) is 8.75. The highest BCUT2D eigenvalue weighted by Crippen LogP contribution is 1.98. The molecule has 0 aromatic carbocycles. The molecule has 1 heterocycles. The van der Waals surface area contributed by atoms with Gasteiger partial charge in [-0.3, -0.25) is 4.98 Å². The average molecular weight is 181 g/mol. The normalized spacial score (nSPS) is 8.92. The van der Waals surface area contributed by atoms with Gasteiger partial charge < -0.3 is 5.11 Å². The summed E-state index contributed by atoms with van der Waals surface area (Å²) in [6.45, 7) is 6.33. The molecule has 0 aliphatic carbocycles. The van der Waals surface area contributed by atoms with Crippen molar-refractivity contribution in [2.24, 2.45) is 0 Å². The molecule has 2 nitrogen and oxygen atoms in total. The number of hydrogen-bond acceptors (Lipinski definition) is 2. The summed E-state index contributed by atoms with van der Waals surface area (Å²) in [5.41, 5.74) is 1.78. The van der Waals surface area contributed by atoms with Gasteiger partial charge in [0.05, 0.1) is 12.3 Å². The quantitative estimate of drug-likeness (QED) is 0.760. The van der Waals surface area contributed by atoms with Crippen LogP contribution in [0.4, 0.5) is 0 Å². The van der Waals surface area contributed by atoms with Crippen LogP contribution in [0.25, 0.3) is 0 Å². The van der Waals surface area contributed by atoms with Gasteiger partial charge in [0.25, 0.3) is 0 Å². The van der Waals surface area contributed by atoms with Gasteiger partial charge in [-0.1, -0.05) is 33.3 Å². The van der Waals surface area contributed by atoms with E-state index >= 15 is 0 Å². The number of nitrogens with zero attached hydrogens (tertiary/aromatic N) is 1. The van der Waals surface area contributed by atoms with Gasteiger partial charge in [0, 0.05) is 5.69 Å². The van der Waals surface area contributed by atoms with E-state index in [1.807, 2.05) is 25.1 Å². The standard InChI is InChI=1S/C8H11NO.C3H8/c1-2-7-4-3-5-8(6-10)9-7;1-3-2/h3-5,10H,2,6H2,1H3;3H2,1-2H3. The van der Waals surface area contributed by atoms with Crippen molar-refractivity contribution in [1.29, 1.82) is 0 Å². The Morgan fingerprint density at radius 3 is 2.15 bits per heavy atom. The molecule has 1 rings (SSSR count). The SMILES string of the molecule is CCC.CCc1cccc(CO)n1. The number of aliphatic hydroxyl groups excluding tert-OH is 1. The van der Waals surface area contributed by atoms with E-state index in [1.54, 1.807) is 0 Å². The Hall–Kier alpha value is -0.890. The van der Waals surface area contributed by atoms with E-state index in [4.69, 9.17) is 5.11 Å². The third-order valence-electron chi connectivity index (χ3n) is 1.39. The predicted octanol–water partition coefficient (Wildman–Crippen LogP) is 2.55. The third kappa shape index (κ3) is 5.36. The molecule has 74 valence electrons. The van der Waals surface area contributed by atoms with Gasteiger partial charge in [-0.2, -0.15) is 0 Å². The number of aryl methyl sites for hydroxylation is 1. The minimum Gasteiger partial charge on any atom is -0.390 e. The summed E-state index contributed by atoms with van der Waals surface area (Å²) < 4.78 is 0. The first kappa shape index (κ1) is 12.1. The first-order valence-electron chi connectivity index (χ1n) is 4.84. The molecule has 0 radical (unpaired) electrons. The van der Waals surface area contributed by atoms with E-state index in [9.17, 15) is 0 Å². The molecular weight excluding hydrogens is 162 g/mol. The molecule has 0 spiro atoms. The second kappa shape index (κ2) is 7.74. The number of aliphatic hydroxyl groups is 1. The minimum absolute atomic E-state index is 0.0356. The van der Waals surface area contributed by atoms with Gasteiger partial charge in [0.2, 0.25) is 0 Å². The van der Waals surface area contributed by atoms with Crippen molar-refractivity contribution in [3.63, 3.8) is 0 Å². The molecule has 2 heteroatoms. The fourth-order valence-electron chi connectivity index (χ4n) is 0.814. The molecule has 0 amide bonds. The van der Waals surface area contributed by atoms with E-state index in [1.165, 1.54) is 6.42 Å². The fraction of sp³-hybridized carbons (Fsp3) is 0.545. The van der Waals surface area contributed by atoms with Crippen LogP contribution in [0.15, 0.2) is 18.2 Å². The largest absolute Gasteiger partial charge is 0.390 e. The molecule has 0 aliphatic rings. The Kier molecular flexibility index (Phi) is 7.21. The molecule has 0 bridgehead atoms. The summed E-state index contributed by atoms with van der Waals surface area (Å²) in [7, 11) is 0. The van der Waals surface area contributed by atoms with Crippen LogP contribution in [0.3, 0.4) is 0 Å². The van der Waals surface area contributed by atoms with Crippen molar-refractivity contribution in [3.05, 3.63) is 29.6 Å². The third-order valence-corrected chi connectivity index (χ3v) is 1.39. The second-order valence-corrected chi connectivity index (χ2v) is 2.84. The van der Waals surface area contributed by atoms with E-state index in [-0.39, 0.29) is 6.61 Å². The lowest BCUT2D eigenvalue weighted by atomic mass is 10.2. The smallest absolute Gasteiger partial charge is 0.0853 e. The maximum absolute atomic E-state index is 8.70. The van der Waals surface area contributed by atoms with Crippen LogP contribution >= 0.6 is 0 Å². The van der Waals surface area contributed by atoms with Gasteiger partial charge in [-0.05, 0) is 18.6 Å². The molecule has 1 N–H and O–H groups in total. The molecule has 0 atom stereocenters. The minimum atomic E-state index is 0.0356. The zero-order chi connectivity index (χ0) is 10.1. The second-order valence-electron chi connectivity index (χ2n) is 2.84. The van der Waals surface area contributed by atoms with Crippen LogP contribution in [0.5, 0.6) is 0 Å². The van der Waals surface area contributed by atoms with Crippen molar-refractivity contribution in [1.82, 2.24) is 4.98 Å². The van der Waals surface area contributed by atoms with Crippen LogP contribution in [0.1, 0.15) is 38.6 Å². The van der Waals surface area contributed by atoms with Crippen molar-refractivity contribution in [2.45, 2.75) is 40.2 Å². The van der Waals surface area contributed by atoms with Gasteiger partial charge in [-0.15, -0.1) is 0 Å². The monoisotopic (exact) mass is 181 g/mol. The Morgan fingerprint density at radius 2 is 1.69 bits per heavy atom. The Balaban J connectivity index is 0.000000424. The van der Waals surface area contributed by atoms with Crippen molar-refractivity contribution in [3.8, 4) is 0 Å². The van der Waals surface area contributed by atoms with Gasteiger partial charge in [0.1, 0.15) is 0 Å². The first-order valence-corrected chi connectivity index (χ1v) is 4.84. The van der Waals surface area contributed by atoms with Crippen LogP contribution in [0, 0.1) is 0 Å². The fourth-order valence-corrected chi connectivity index (χ4v) is 0.814. The highest BCUT2D eigenvalue weighted by atomic mass is 16.3. The van der Waals surface area contributed by atoms with Crippen LogP contribution < -0.4 is 0 Å². The topological polar surface area (TPSA) is 33.1 Å². The van der Waals surface area contributed by atoms with E-state index in [0.717, 1.165) is 17.8 Å².